The third-order valence-electron chi connectivity index (χ3n) is 9.87. The number of nitrogens with one attached hydrogen (secondary N) is 1. The number of para-hydroxylation sites is 1. The maximum atomic E-state index is 13.9. The van der Waals surface area contributed by atoms with Crippen LogP contribution in [0.25, 0.3) is 16.7 Å². The molecule has 2 aromatic heterocycles. The Morgan fingerprint density at radius 1 is 1.02 bits per heavy atom. The van der Waals surface area contributed by atoms with Crippen LogP contribution in [0.15, 0.2) is 71.7 Å². The van der Waals surface area contributed by atoms with E-state index in [0.717, 1.165) is 32.1 Å². The van der Waals surface area contributed by atoms with Crippen molar-refractivity contribution < 1.29 is 24.2 Å². The minimum absolute atomic E-state index is 0.0512. The number of aliphatic hydroxyl groups is 1. The van der Waals surface area contributed by atoms with Gasteiger partial charge in [-0.2, -0.15) is 0 Å². The van der Waals surface area contributed by atoms with Gasteiger partial charge in [-0.1, -0.05) is 24.3 Å². The largest absolute Gasteiger partial charge is 0.496 e. The minimum Gasteiger partial charge on any atom is -0.496 e. The predicted molar refractivity (Wildman–Crippen MR) is 164 cm³/mol. The lowest BCUT2D eigenvalue weighted by Gasteiger charge is -2.58. The number of pyridine rings is 2. The van der Waals surface area contributed by atoms with Crippen LogP contribution in [0.1, 0.15) is 64.1 Å². The minimum atomic E-state index is -0.663. The number of aromatic nitrogens is 2. The number of rotatable bonds is 7. The second-order valence-electron chi connectivity index (χ2n) is 12.6. The first-order chi connectivity index (χ1) is 21.3. The predicted octanol–water partition coefficient (Wildman–Crippen LogP) is 4.44. The summed E-state index contributed by atoms with van der Waals surface area (Å²) in [5.74, 6) is 0.730. The van der Waals surface area contributed by atoms with Crippen molar-refractivity contribution in [3.63, 3.8) is 0 Å². The van der Waals surface area contributed by atoms with Gasteiger partial charge in [-0.15, -0.1) is 0 Å². The number of hydrogen-bond donors (Lipinski definition) is 2. The summed E-state index contributed by atoms with van der Waals surface area (Å²) in [6.07, 6.45) is 6.14. The summed E-state index contributed by atoms with van der Waals surface area (Å²) in [6, 6.07) is 17.9. The Bertz CT molecular complexity index is 1820. The molecular formula is C35H35N3O6. The Morgan fingerprint density at radius 2 is 1.77 bits per heavy atom. The van der Waals surface area contributed by atoms with Crippen molar-refractivity contribution in [3.05, 3.63) is 99.5 Å². The standard InChI is InChI=1S/C35H35N3O6/c1-43-28-16-22(33(40)37-29-23-13-20-14-24(29)19-35(42,17-20)18-23)11-10-21(28)15-27-30(34(41)44-2)38(25-7-4-3-5-8-25)32-26(31(27)39)9-6-12-36-32/h3-12,16,20,23-24,29,42H,13-15,17-19H2,1-2H3,(H,37,40)/t20?,23-,24?,29?,35?/m1/s1. The van der Waals surface area contributed by atoms with Crippen LogP contribution in [-0.2, 0) is 11.2 Å². The van der Waals surface area contributed by atoms with E-state index < -0.39 is 11.6 Å². The molecule has 5 atom stereocenters. The van der Waals surface area contributed by atoms with Gasteiger partial charge in [0, 0.05) is 35.5 Å². The molecule has 1 amide bonds. The zero-order valence-corrected chi connectivity index (χ0v) is 24.8. The van der Waals surface area contributed by atoms with Gasteiger partial charge in [0.1, 0.15) is 17.1 Å². The summed E-state index contributed by atoms with van der Waals surface area (Å²) < 4.78 is 12.6. The number of amides is 1. The van der Waals surface area contributed by atoms with Gasteiger partial charge in [0.25, 0.3) is 5.91 Å². The van der Waals surface area contributed by atoms with Crippen LogP contribution in [0.3, 0.4) is 0 Å². The van der Waals surface area contributed by atoms with Crippen LogP contribution >= 0.6 is 0 Å². The van der Waals surface area contributed by atoms with Gasteiger partial charge in [-0.25, -0.2) is 9.78 Å². The van der Waals surface area contributed by atoms with Crippen molar-refractivity contribution in [1.29, 1.82) is 0 Å². The molecule has 0 spiro atoms. The van der Waals surface area contributed by atoms with Crippen LogP contribution in [0.4, 0.5) is 0 Å². The van der Waals surface area contributed by atoms with Crippen molar-refractivity contribution in [2.24, 2.45) is 17.8 Å². The van der Waals surface area contributed by atoms with E-state index in [2.05, 4.69) is 10.3 Å². The smallest absolute Gasteiger partial charge is 0.355 e. The van der Waals surface area contributed by atoms with E-state index in [9.17, 15) is 19.5 Å². The number of esters is 1. The van der Waals surface area contributed by atoms with Gasteiger partial charge in [0.05, 0.1) is 25.2 Å². The molecule has 2 heterocycles. The summed E-state index contributed by atoms with van der Waals surface area (Å²) in [5, 5.41) is 14.6. The van der Waals surface area contributed by atoms with Gasteiger partial charge in [-0.05, 0) is 91.8 Å². The molecule has 9 heteroatoms. The number of benzene rings is 2. The van der Waals surface area contributed by atoms with Gasteiger partial charge in [-0.3, -0.25) is 14.2 Å². The number of methoxy groups -OCH3 is 2. The number of ether oxygens (including phenoxy) is 2. The Labute approximate surface area is 254 Å². The zero-order chi connectivity index (χ0) is 30.6. The normalized spacial score (nSPS) is 25.2. The van der Waals surface area contributed by atoms with E-state index in [-0.39, 0.29) is 35.1 Å². The first-order valence-corrected chi connectivity index (χ1v) is 15.1. The number of carbonyl (C=O) groups excluding carboxylic acids is 2. The number of hydrogen-bond acceptors (Lipinski definition) is 7. The highest BCUT2D eigenvalue weighted by Gasteiger charge is 2.55. The molecule has 4 aromatic rings. The molecule has 0 saturated heterocycles. The van der Waals surface area contributed by atoms with Crippen molar-refractivity contribution in [3.8, 4) is 11.4 Å². The highest BCUT2D eigenvalue weighted by Crippen LogP contribution is 2.55. The lowest BCUT2D eigenvalue weighted by molar-refractivity contribution is -0.136. The third kappa shape index (κ3) is 4.76. The van der Waals surface area contributed by atoms with E-state index in [1.807, 2.05) is 30.3 Å². The van der Waals surface area contributed by atoms with Crippen molar-refractivity contribution in [2.75, 3.05) is 14.2 Å². The van der Waals surface area contributed by atoms with E-state index >= 15 is 0 Å². The van der Waals surface area contributed by atoms with Crippen LogP contribution in [-0.4, -0.2) is 52.4 Å². The van der Waals surface area contributed by atoms with Crippen LogP contribution < -0.4 is 15.5 Å². The first kappa shape index (κ1) is 28.3. The molecule has 4 unspecified atom stereocenters. The topological polar surface area (TPSA) is 120 Å². The van der Waals surface area contributed by atoms with Crippen molar-refractivity contribution >= 4 is 22.9 Å². The second kappa shape index (κ2) is 10.9. The molecule has 4 bridgehead atoms. The van der Waals surface area contributed by atoms with E-state index in [4.69, 9.17) is 9.47 Å². The number of carbonyl (C=O) groups is 2. The summed E-state index contributed by atoms with van der Waals surface area (Å²) in [4.78, 5) is 45.2. The number of fused-ring (bicyclic) bond motifs is 1. The quantitative estimate of drug-likeness (QED) is 0.304. The molecule has 226 valence electrons. The zero-order valence-electron chi connectivity index (χ0n) is 24.8. The molecule has 4 saturated carbocycles. The van der Waals surface area contributed by atoms with Crippen molar-refractivity contribution in [2.45, 2.75) is 50.2 Å². The van der Waals surface area contributed by atoms with Gasteiger partial charge < -0.3 is 19.9 Å². The molecule has 2 N–H and O–H groups in total. The number of nitrogens with zero attached hydrogens (tertiary/aromatic N) is 2. The summed E-state index contributed by atoms with van der Waals surface area (Å²) in [7, 11) is 2.80. The van der Waals surface area contributed by atoms with E-state index in [1.54, 1.807) is 41.1 Å². The fourth-order valence-electron chi connectivity index (χ4n) is 8.24. The summed E-state index contributed by atoms with van der Waals surface area (Å²) in [5.41, 5.74) is 1.54. The Balaban J connectivity index is 1.25. The van der Waals surface area contributed by atoms with Crippen molar-refractivity contribution in [1.82, 2.24) is 14.9 Å². The van der Waals surface area contributed by atoms with Crippen LogP contribution in [0.5, 0.6) is 5.75 Å². The molecular weight excluding hydrogens is 558 g/mol. The maximum absolute atomic E-state index is 13.9. The Kier molecular flexibility index (Phi) is 7.00. The van der Waals surface area contributed by atoms with Crippen LogP contribution in [0.2, 0.25) is 0 Å². The molecule has 4 aliphatic carbocycles. The fraction of sp³-hybridized carbons (Fsp3) is 0.371. The molecule has 0 radical (unpaired) electrons. The molecule has 8 rings (SSSR count). The highest BCUT2D eigenvalue weighted by atomic mass is 16.5. The average Bonchev–Trinajstić information content (AvgIpc) is 3.03. The fourth-order valence-corrected chi connectivity index (χ4v) is 8.24. The molecule has 4 aliphatic rings. The summed E-state index contributed by atoms with van der Waals surface area (Å²) >= 11 is 0. The maximum Gasteiger partial charge on any atom is 0.355 e. The van der Waals surface area contributed by atoms with E-state index in [1.165, 1.54) is 14.2 Å². The average molecular weight is 594 g/mol. The van der Waals surface area contributed by atoms with Crippen LogP contribution in [0, 0.1) is 17.8 Å². The SMILES string of the molecule is COC(=O)c1c(Cc2ccc(C(=O)NC3C4CC5C[C@@H]3CC(O)(C5)C4)cc2OC)c(=O)c2cccnc2n1-c1ccccc1. The molecule has 9 nitrogen and oxygen atoms in total. The second-order valence-corrected chi connectivity index (χ2v) is 12.6. The lowest BCUT2D eigenvalue weighted by Crippen LogP contribution is -2.61. The lowest BCUT2D eigenvalue weighted by atomic mass is 9.52. The molecule has 44 heavy (non-hydrogen) atoms. The Hall–Kier alpha value is -4.50. The van der Waals surface area contributed by atoms with Gasteiger partial charge in [0.2, 0.25) is 0 Å². The molecule has 4 fully saturated rings. The van der Waals surface area contributed by atoms with Gasteiger partial charge in [0.15, 0.2) is 5.43 Å². The van der Waals surface area contributed by atoms with Gasteiger partial charge >= 0.3 is 5.97 Å². The molecule has 2 aromatic carbocycles. The molecule has 0 aliphatic heterocycles. The first-order valence-electron chi connectivity index (χ1n) is 15.1. The monoisotopic (exact) mass is 593 g/mol. The summed E-state index contributed by atoms with van der Waals surface area (Å²) in [6.45, 7) is 0. The third-order valence-corrected chi connectivity index (χ3v) is 9.87. The van der Waals surface area contributed by atoms with E-state index in [0.29, 0.717) is 51.4 Å². The Morgan fingerprint density at radius 3 is 2.45 bits per heavy atom. The highest BCUT2D eigenvalue weighted by molar-refractivity contribution is 5.96.